The molecule has 2 unspecified atom stereocenters. The summed E-state index contributed by atoms with van der Waals surface area (Å²) in [4.78, 5) is 25.4. The Morgan fingerprint density at radius 3 is 2.71 bits per heavy atom. The summed E-state index contributed by atoms with van der Waals surface area (Å²) in [6.45, 7) is 4.75. The molecule has 1 heterocycles. The van der Waals surface area contributed by atoms with E-state index in [1.165, 1.54) is 7.11 Å². The second-order valence-electron chi connectivity index (χ2n) is 4.77. The first kappa shape index (κ1) is 14.0. The van der Waals surface area contributed by atoms with Crippen LogP contribution in [0.1, 0.15) is 46.0 Å². The molecule has 1 fully saturated rings. The predicted octanol–water partition coefficient (Wildman–Crippen LogP) is 1.98. The first-order chi connectivity index (χ1) is 8.10. The van der Waals surface area contributed by atoms with E-state index in [4.69, 9.17) is 4.74 Å². The SMILES string of the molecule is CCC(C)C(=O)N1CCCCC1CC(=O)OC. The van der Waals surface area contributed by atoms with Gasteiger partial charge in [0.25, 0.3) is 0 Å². The number of rotatable bonds is 4. The smallest absolute Gasteiger partial charge is 0.307 e. The van der Waals surface area contributed by atoms with Gasteiger partial charge in [-0.1, -0.05) is 13.8 Å². The van der Waals surface area contributed by atoms with E-state index < -0.39 is 0 Å². The van der Waals surface area contributed by atoms with E-state index in [0.29, 0.717) is 6.42 Å². The lowest BCUT2D eigenvalue weighted by Crippen LogP contribution is -2.46. The summed E-state index contributed by atoms with van der Waals surface area (Å²) in [5.41, 5.74) is 0. The third-order valence-electron chi connectivity index (χ3n) is 3.57. The van der Waals surface area contributed by atoms with Gasteiger partial charge in [-0.3, -0.25) is 9.59 Å². The summed E-state index contributed by atoms with van der Waals surface area (Å²) < 4.78 is 4.69. The molecule has 0 N–H and O–H groups in total. The molecule has 1 aliphatic rings. The maximum absolute atomic E-state index is 12.2. The Bertz CT molecular complexity index is 278. The molecule has 1 saturated heterocycles. The molecule has 0 aliphatic carbocycles. The fourth-order valence-corrected chi connectivity index (χ4v) is 2.24. The minimum Gasteiger partial charge on any atom is -0.469 e. The summed E-state index contributed by atoms with van der Waals surface area (Å²) in [6.07, 6.45) is 4.22. The highest BCUT2D eigenvalue weighted by molar-refractivity contribution is 5.80. The molecule has 17 heavy (non-hydrogen) atoms. The van der Waals surface area contributed by atoms with Gasteiger partial charge in [-0.25, -0.2) is 0 Å². The second kappa shape index (κ2) is 6.62. The Morgan fingerprint density at radius 2 is 2.12 bits per heavy atom. The number of carbonyl (C=O) groups excluding carboxylic acids is 2. The van der Waals surface area contributed by atoms with Gasteiger partial charge >= 0.3 is 5.97 Å². The molecule has 0 aromatic carbocycles. The minimum absolute atomic E-state index is 0.0395. The zero-order valence-corrected chi connectivity index (χ0v) is 11.1. The molecule has 98 valence electrons. The van der Waals surface area contributed by atoms with Crippen molar-refractivity contribution in [1.29, 1.82) is 0 Å². The average molecular weight is 241 g/mol. The lowest BCUT2D eigenvalue weighted by molar-refractivity contribution is -0.145. The van der Waals surface area contributed by atoms with Crippen LogP contribution < -0.4 is 0 Å². The van der Waals surface area contributed by atoms with E-state index in [0.717, 1.165) is 32.2 Å². The molecular formula is C13H23NO3. The van der Waals surface area contributed by atoms with E-state index in [2.05, 4.69) is 0 Å². The van der Waals surface area contributed by atoms with E-state index in [1.807, 2.05) is 18.7 Å². The molecule has 4 heteroatoms. The lowest BCUT2D eigenvalue weighted by Gasteiger charge is -2.36. The first-order valence-corrected chi connectivity index (χ1v) is 6.47. The summed E-state index contributed by atoms with van der Waals surface area (Å²) in [5.74, 6) is 0.00759. The number of methoxy groups -OCH3 is 1. The minimum atomic E-state index is -0.223. The van der Waals surface area contributed by atoms with Crippen LogP contribution in [-0.4, -0.2) is 36.5 Å². The maximum Gasteiger partial charge on any atom is 0.307 e. The van der Waals surface area contributed by atoms with Gasteiger partial charge in [-0.2, -0.15) is 0 Å². The van der Waals surface area contributed by atoms with Gasteiger partial charge in [0.2, 0.25) is 5.91 Å². The van der Waals surface area contributed by atoms with Crippen LogP contribution in [0, 0.1) is 5.92 Å². The number of nitrogens with zero attached hydrogens (tertiary/aromatic N) is 1. The van der Waals surface area contributed by atoms with Gasteiger partial charge in [0, 0.05) is 18.5 Å². The van der Waals surface area contributed by atoms with Crippen molar-refractivity contribution in [3.05, 3.63) is 0 Å². The topological polar surface area (TPSA) is 46.6 Å². The van der Waals surface area contributed by atoms with Crippen LogP contribution in [0.2, 0.25) is 0 Å². The third kappa shape index (κ3) is 3.72. The van der Waals surface area contributed by atoms with Crippen LogP contribution >= 0.6 is 0 Å². The van der Waals surface area contributed by atoms with Crippen LogP contribution in [0.4, 0.5) is 0 Å². The average Bonchev–Trinajstić information content (AvgIpc) is 2.37. The number of amides is 1. The number of piperidine rings is 1. The predicted molar refractivity (Wildman–Crippen MR) is 65.4 cm³/mol. The molecule has 0 saturated carbocycles. The Balaban J connectivity index is 2.65. The van der Waals surface area contributed by atoms with Crippen molar-refractivity contribution in [2.75, 3.05) is 13.7 Å². The zero-order chi connectivity index (χ0) is 12.8. The van der Waals surface area contributed by atoms with Gasteiger partial charge in [0.05, 0.1) is 13.5 Å². The van der Waals surface area contributed by atoms with Gasteiger partial charge in [0.1, 0.15) is 0 Å². The maximum atomic E-state index is 12.2. The molecule has 0 spiro atoms. The number of hydrogen-bond donors (Lipinski definition) is 0. The Labute approximate surface area is 103 Å². The fourth-order valence-electron chi connectivity index (χ4n) is 2.24. The Kier molecular flexibility index (Phi) is 5.45. The number of hydrogen-bond acceptors (Lipinski definition) is 3. The molecule has 1 rings (SSSR count). The highest BCUT2D eigenvalue weighted by Gasteiger charge is 2.30. The molecule has 4 nitrogen and oxygen atoms in total. The van der Waals surface area contributed by atoms with Crippen LogP contribution in [0.5, 0.6) is 0 Å². The highest BCUT2D eigenvalue weighted by atomic mass is 16.5. The quantitative estimate of drug-likeness (QED) is 0.707. The second-order valence-corrected chi connectivity index (χ2v) is 4.77. The van der Waals surface area contributed by atoms with Crippen molar-refractivity contribution in [3.63, 3.8) is 0 Å². The van der Waals surface area contributed by atoms with Crippen molar-refractivity contribution in [3.8, 4) is 0 Å². The summed E-state index contributed by atoms with van der Waals surface area (Å²) >= 11 is 0. The van der Waals surface area contributed by atoms with E-state index in [9.17, 15) is 9.59 Å². The normalized spacial score (nSPS) is 22.1. The van der Waals surface area contributed by atoms with E-state index in [-0.39, 0.29) is 23.8 Å². The van der Waals surface area contributed by atoms with E-state index >= 15 is 0 Å². The summed E-state index contributed by atoms with van der Waals surface area (Å²) in [7, 11) is 1.39. The summed E-state index contributed by atoms with van der Waals surface area (Å²) in [5, 5.41) is 0. The fraction of sp³-hybridized carbons (Fsp3) is 0.846. The van der Waals surface area contributed by atoms with Crippen molar-refractivity contribution in [2.24, 2.45) is 5.92 Å². The van der Waals surface area contributed by atoms with Gasteiger partial charge in [0.15, 0.2) is 0 Å². The number of likely N-dealkylation sites (tertiary alicyclic amines) is 1. The molecule has 0 aromatic heterocycles. The number of carbonyl (C=O) groups is 2. The molecule has 2 atom stereocenters. The molecule has 0 radical (unpaired) electrons. The molecule has 1 aliphatic heterocycles. The standard InChI is InChI=1S/C13H23NO3/c1-4-10(2)13(16)14-8-6-5-7-11(14)9-12(15)17-3/h10-11H,4-9H2,1-3H3. The largest absolute Gasteiger partial charge is 0.469 e. The summed E-state index contributed by atoms with van der Waals surface area (Å²) in [6, 6.07) is 0.0395. The molecular weight excluding hydrogens is 218 g/mol. The van der Waals surface area contributed by atoms with Crippen molar-refractivity contribution < 1.29 is 14.3 Å². The van der Waals surface area contributed by atoms with Crippen LogP contribution in [-0.2, 0) is 14.3 Å². The zero-order valence-electron chi connectivity index (χ0n) is 11.1. The lowest BCUT2D eigenvalue weighted by atomic mass is 9.96. The van der Waals surface area contributed by atoms with Crippen LogP contribution in [0.25, 0.3) is 0 Å². The number of ether oxygens (including phenoxy) is 1. The van der Waals surface area contributed by atoms with E-state index in [1.54, 1.807) is 0 Å². The first-order valence-electron chi connectivity index (χ1n) is 6.47. The monoisotopic (exact) mass is 241 g/mol. The van der Waals surface area contributed by atoms with Gasteiger partial charge < -0.3 is 9.64 Å². The van der Waals surface area contributed by atoms with Crippen molar-refractivity contribution >= 4 is 11.9 Å². The molecule has 0 aromatic rings. The van der Waals surface area contributed by atoms with Gasteiger partial charge in [-0.15, -0.1) is 0 Å². The number of esters is 1. The third-order valence-corrected chi connectivity index (χ3v) is 3.57. The van der Waals surface area contributed by atoms with Crippen LogP contribution in [0.15, 0.2) is 0 Å². The van der Waals surface area contributed by atoms with Crippen LogP contribution in [0.3, 0.4) is 0 Å². The molecule has 0 bridgehead atoms. The Hall–Kier alpha value is -1.06. The molecule has 1 amide bonds. The highest BCUT2D eigenvalue weighted by Crippen LogP contribution is 2.22. The van der Waals surface area contributed by atoms with Gasteiger partial charge in [-0.05, 0) is 25.7 Å². The van der Waals surface area contributed by atoms with Crippen molar-refractivity contribution in [1.82, 2.24) is 4.90 Å². The van der Waals surface area contributed by atoms with Crippen molar-refractivity contribution in [2.45, 2.75) is 52.0 Å². The Morgan fingerprint density at radius 1 is 1.41 bits per heavy atom.